The first kappa shape index (κ1) is 19.0. The molecule has 3 aromatic carbocycles. The molecule has 6 heteroatoms. The summed E-state index contributed by atoms with van der Waals surface area (Å²) in [5.41, 5.74) is 4.31. The van der Waals surface area contributed by atoms with E-state index in [1.807, 2.05) is 42.5 Å². The minimum Gasteiger partial charge on any atom is -0.497 e. The van der Waals surface area contributed by atoms with Gasteiger partial charge in [-0.3, -0.25) is 0 Å². The Hall–Kier alpha value is -2.99. The van der Waals surface area contributed by atoms with E-state index in [2.05, 4.69) is 45.2 Å². The number of ether oxygens (including phenoxy) is 3. The predicted molar refractivity (Wildman–Crippen MR) is 119 cm³/mol. The van der Waals surface area contributed by atoms with Crippen molar-refractivity contribution in [3.8, 4) is 17.2 Å². The third kappa shape index (κ3) is 3.21. The van der Waals surface area contributed by atoms with Gasteiger partial charge in [-0.05, 0) is 70.0 Å². The maximum Gasteiger partial charge on any atom is 0.213 e. The molecule has 0 bridgehead atoms. The summed E-state index contributed by atoms with van der Waals surface area (Å²) in [5.74, 6) is 2.53. The summed E-state index contributed by atoms with van der Waals surface area (Å²) in [7, 11) is 3.34. The monoisotopic (exact) mass is 464 g/mol. The van der Waals surface area contributed by atoms with Crippen LogP contribution in [-0.4, -0.2) is 24.9 Å². The Labute approximate surface area is 184 Å². The number of hydrogen-bond acceptors (Lipinski definition) is 5. The van der Waals surface area contributed by atoms with Crippen LogP contribution in [0.2, 0.25) is 0 Å². The van der Waals surface area contributed by atoms with Gasteiger partial charge in [-0.1, -0.05) is 18.2 Å². The van der Waals surface area contributed by atoms with E-state index in [4.69, 9.17) is 19.3 Å². The molecule has 3 aromatic rings. The third-order valence-corrected chi connectivity index (χ3v) is 6.20. The lowest BCUT2D eigenvalue weighted by molar-refractivity contribution is -0.0190. The van der Waals surface area contributed by atoms with E-state index in [9.17, 15) is 0 Å². The van der Waals surface area contributed by atoms with Crippen molar-refractivity contribution < 1.29 is 14.2 Å². The van der Waals surface area contributed by atoms with Crippen LogP contribution in [0.25, 0.3) is 0 Å². The number of para-hydroxylation sites is 1. The molecule has 2 atom stereocenters. The Morgan fingerprint density at radius 2 is 1.80 bits per heavy atom. The minimum atomic E-state index is -0.317. The Kier molecular flexibility index (Phi) is 4.87. The van der Waals surface area contributed by atoms with Crippen molar-refractivity contribution in [3.05, 3.63) is 87.9 Å². The molecular weight excluding hydrogens is 444 g/mol. The van der Waals surface area contributed by atoms with Crippen LogP contribution in [0.5, 0.6) is 17.2 Å². The van der Waals surface area contributed by atoms with Gasteiger partial charge in [-0.2, -0.15) is 5.10 Å². The van der Waals surface area contributed by atoms with Gasteiger partial charge < -0.3 is 14.2 Å². The van der Waals surface area contributed by atoms with Crippen LogP contribution in [-0.2, 0) is 0 Å². The van der Waals surface area contributed by atoms with E-state index in [1.54, 1.807) is 14.2 Å². The van der Waals surface area contributed by atoms with Crippen molar-refractivity contribution >= 4 is 21.6 Å². The zero-order valence-electron chi connectivity index (χ0n) is 16.7. The second-order valence-corrected chi connectivity index (χ2v) is 8.13. The lowest BCUT2D eigenvalue weighted by Gasteiger charge is -2.38. The molecule has 30 heavy (non-hydrogen) atoms. The maximum absolute atomic E-state index is 6.42. The molecular formula is C24H21BrN2O3. The van der Waals surface area contributed by atoms with Crippen molar-refractivity contribution in [2.45, 2.75) is 18.7 Å². The van der Waals surface area contributed by atoms with Crippen LogP contribution >= 0.6 is 15.9 Å². The van der Waals surface area contributed by atoms with E-state index in [0.29, 0.717) is 0 Å². The topological polar surface area (TPSA) is 43.3 Å². The van der Waals surface area contributed by atoms with Gasteiger partial charge in [0.25, 0.3) is 0 Å². The van der Waals surface area contributed by atoms with Gasteiger partial charge in [-0.15, -0.1) is 0 Å². The Morgan fingerprint density at radius 1 is 1.00 bits per heavy atom. The molecule has 0 aromatic heterocycles. The van der Waals surface area contributed by atoms with Gasteiger partial charge in [0, 0.05) is 17.5 Å². The molecule has 0 fully saturated rings. The average Bonchev–Trinajstić information content (AvgIpc) is 3.24. The highest BCUT2D eigenvalue weighted by molar-refractivity contribution is 9.10. The fourth-order valence-corrected chi connectivity index (χ4v) is 4.61. The number of hydrogen-bond donors (Lipinski definition) is 0. The van der Waals surface area contributed by atoms with Gasteiger partial charge in [0.1, 0.15) is 17.2 Å². The van der Waals surface area contributed by atoms with Gasteiger partial charge in [0.15, 0.2) is 0 Å². The molecule has 0 spiro atoms. The van der Waals surface area contributed by atoms with Crippen LogP contribution in [0.4, 0.5) is 0 Å². The van der Waals surface area contributed by atoms with Crippen molar-refractivity contribution in [2.24, 2.45) is 5.10 Å². The quantitative estimate of drug-likeness (QED) is 0.495. The highest BCUT2D eigenvalue weighted by atomic mass is 79.9. The number of rotatable bonds is 4. The summed E-state index contributed by atoms with van der Waals surface area (Å²) in [6, 6.07) is 22.4. The van der Waals surface area contributed by atoms with Crippen LogP contribution in [0.1, 0.15) is 35.4 Å². The zero-order valence-corrected chi connectivity index (χ0v) is 18.3. The normalized spacial score (nSPS) is 19.4. The molecule has 2 heterocycles. The summed E-state index contributed by atoms with van der Waals surface area (Å²) in [4.78, 5) is 0. The molecule has 0 N–H and O–H groups in total. The molecule has 2 aliphatic heterocycles. The molecule has 0 aliphatic carbocycles. The van der Waals surface area contributed by atoms with E-state index >= 15 is 0 Å². The fraction of sp³-hybridized carbons (Fsp3) is 0.208. The molecule has 0 amide bonds. The van der Waals surface area contributed by atoms with Crippen molar-refractivity contribution in [2.75, 3.05) is 14.2 Å². The van der Waals surface area contributed by atoms with Crippen molar-refractivity contribution in [3.63, 3.8) is 0 Å². The molecule has 5 rings (SSSR count). The first-order chi connectivity index (χ1) is 14.7. The summed E-state index contributed by atoms with van der Waals surface area (Å²) < 4.78 is 18.0. The van der Waals surface area contributed by atoms with Crippen molar-refractivity contribution in [1.29, 1.82) is 0 Å². The standard InChI is InChI=1S/C24H21BrN2O3/c1-28-17-10-7-15(8-11-17)20-14-21-18-5-3-4-6-22(18)30-24(27(21)26-20)16-9-12-23(29-2)19(25)13-16/h3-13,21,24H,14H2,1-2H3/t21-,24-/m0/s1. The second-order valence-electron chi connectivity index (χ2n) is 7.28. The number of methoxy groups -OCH3 is 2. The molecule has 0 radical (unpaired) electrons. The Morgan fingerprint density at radius 3 is 2.53 bits per heavy atom. The van der Waals surface area contributed by atoms with Crippen LogP contribution in [0.15, 0.2) is 76.3 Å². The number of halogens is 1. The summed E-state index contributed by atoms with van der Waals surface area (Å²) >= 11 is 3.59. The molecule has 2 aliphatic rings. The predicted octanol–water partition coefficient (Wildman–Crippen LogP) is 5.71. The molecule has 152 valence electrons. The van der Waals surface area contributed by atoms with Crippen molar-refractivity contribution in [1.82, 2.24) is 5.01 Å². The summed E-state index contributed by atoms with van der Waals surface area (Å²) in [6.07, 6.45) is 0.503. The van der Waals surface area contributed by atoms with Gasteiger partial charge in [0.05, 0.1) is 30.4 Å². The first-order valence-electron chi connectivity index (χ1n) is 9.77. The highest BCUT2D eigenvalue weighted by Crippen LogP contribution is 2.48. The zero-order chi connectivity index (χ0) is 20.7. The third-order valence-electron chi connectivity index (χ3n) is 5.58. The lowest BCUT2D eigenvalue weighted by atomic mass is 9.96. The lowest BCUT2D eigenvalue weighted by Crippen LogP contribution is -2.33. The smallest absolute Gasteiger partial charge is 0.213 e. The van der Waals surface area contributed by atoms with Gasteiger partial charge in [0.2, 0.25) is 6.23 Å². The van der Waals surface area contributed by atoms with E-state index in [0.717, 1.165) is 50.5 Å². The number of nitrogens with zero attached hydrogens (tertiary/aromatic N) is 2. The van der Waals surface area contributed by atoms with E-state index < -0.39 is 0 Å². The van der Waals surface area contributed by atoms with Crippen LogP contribution in [0.3, 0.4) is 0 Å². The molecule has 0 saturated heterocycles. The van der Waals surface area contributed by atoms with Crippen LogP contribution in [0, 0.1) is 0 Å². The number of hydrazone groups is 1. The fourth-order valence-electron chi connectivity index (χ4n) is 4.05. The second kappa shape index (κ2) is 7.69. The van der Waals surface area contributed by atoms with Gasteiger partial charge in [-0.25, -0.2) is 5.01 Å². The minimum absolute atomic E-state index is 0.123. The van der Waals surface area contributed by atoms with Gasteiger partial charge >= 0.3 is 0 Å². The molecule has 5 nitrogen and oxygen atoms in total. The Balaban J connectivity index is 1.56. The average molecular weight is 465 g/mol. The molecule has 0 saturated carbocycles. The van der Waals surface area contributed by atoms with Crippen LogP contribution < -0.4 is 14.2 Å². The Bertz CT molecular complexity index is 1110. The highest BCUT2D eigenvalue weighted by Gasteiger charge is 2.40. The maximum atomic E-state index is 6.42. The summed E-state index contributed by atoms with van der Waals surface area (Å²) in [6.45, 7) is 0. The number of fused-ring (bicyclic) bond motifs is 3. The summed E-state index contributed by atoms with van der Waals surface area (Å²) in [5, 5.41) is 7.08. The molecule has 0 unspecified atom stereocenters. The SMILES string of the molecule is COc1ccc(C2=NN3[C@@H](C2)c2ccccc2O[C@H]3c2ccc(OC)c(Br)c2)cc1. The number of benzene rings is 3. The first-order valence-corrected chi connectivity index (χ1v) is 10.6. The largest absolute Gasteiger partial charge is 0.497 e. The van der Waals surface area contributed by atoms with E-state index in [-0.39, 0.29) is 12.3 Å². The van der Waals surface area contributed by atoms with E-state index in [1.165, 1.54) is 0 Å².